The van der Waals surface area contributed by atoms with Gasteiger partial charge in [0.05, 0.1) is 14.2 Å². The molecule has 1 heterocycles. The Hall–Kier alpha value is -2.54. The van der Waals surface area contributed by atoms with Gasteiger partial charge in [-0.05, 0) is 44.3 Å². The minimum absolute atomic E-state index is 0.621. The minimum atomic E-state index is 0.621. The Labute approximate surface area is 149 Å². The Morgan fingerprint density at radius 3 is 2.52 bits per heavy atom. The SMILES string of the molecule is COc1ccc(CCNc2nccc(NCCN(C)C)n2)cc1OC. The number of rotatable bonds is 10. The normalized spacial score (nSPS) is 10.6. The zero-order chi connectivity index (χ0) is 18.1. The molecule has 25 heavy (non-hydrogen) atoms. The van der Waals surface area contributed by atoms with Crippen molar-refractivity contribution in [3.8, 4) is 11.5 Å². The van der Waals surface area contributed by atoms with Crippen LogP contribution < -0.4 is 20.1 Å². The third-order valence-corrected chi connectivity index (χ3v) is 3.67. The fourth-order valence-electron chi connectivity index (χ4n) is 2.30. The summed E-state index contributed by atoms with van der Waals surface area (Å²) in [4.78, 5) is 10.8. The topological polar surface area (TPSA) is 71.5 Å². The molecule has 1 aromatic carbocycles. The molecule has 0 spiro atoms. The molecule has 7 heteroatoms. The molecule has 2 N–H and O–H groups in total. The summed E-state index contributed by atoms with van der Waals surface area (Å²) < 4.78 is 10.6. The smallest absolute Gasteiger partial charge is 0.224 e. The van der Waals surface area contributed by atoms with Crippen molar-refractivity contribution in [1.29, 1.82) is 0 Å². The van der Waals surface area contributed by atoms with Crippen molar-refractivity contribution in [2.45, 2.75) is 6.42 Å². The minimum Gasteiger partial charge on any atom is -0.493 e. The van der Waals surface area contributed by atoms with E-state index in [4.69, 9.17) is 9.47 Å². The molecule has 0 unspecified atom stereocenters. The summed E-state index contributed by atoms with van der Waals surface area (Å²) in [6.07, 6.45) is 2.59. The third kappa shape index (κ3) is 6.11. The van der Waals surface area contributed by atoms with Crippen molar-refractivity contribution in [2.24, 2.45) is 0 Å². The number of anilines is 2. The van der Waals surface area contributed by atoms with Crippen LogP contribution in [0.1, 0.15) is 5.56 Å². The maximum atomic E-state index is 5.33. The first-order chi connectivity index (χ1) is 12.1. The highest BCUT2D eigenvalue weighted by molar-refractivity contribution is 5.43. The van der Waals surface area contributed by atoms with E-state index in [1.807, 2.05) is 38.4 Å². The van der Waals surface area contributed by atoms with Gasteiger partial charge in [0.25, 0.3) is 0 Å². The average molecular weight is 345 g/mol. The second-order valence-electron chi connectivity index (χ2n) is 5.86. The number of nitrogens with one attached hydrogen (secondary N) is 2. The Morgan fingerprint density at radius 2 is 1.80 bits per heavy atom. The maximum absolute atomic E-state index is 5.33. The molecule has 7 nitrogen and oxygen atoms in total. The first-order valence-electron chi connectivity index (χ1n) is 8.29. The number of nitrogens with zero attached hydrogens (tertiary/aromatic N) is 3. The number of methoxy groups -OCH3 is 2. The molecule has 1 aromatic heterocycles. The van der Waals surface area contributed by atoms with Crippen LogP contribution in [0.2, 0.25) is 0 Å². The van der Waals surface area contributed by atoms with Gasteiger partial charge in [-0.3, -0.25) is 0 Å². The van der Waals surface area contributed by atoms with Crippen LogP contribution in [-0.2, 0) is 6.42 Å². The number of aromatic nitrogens is 2. The standard InChI is InChI=1S/C18H27N5O2/c1-23(2)12-11-19-17-8-10-21-18(22-17)20-9-7-14-5-6-15(24-3)16(13-14)25-4/h5-6,8,10,13H,7,9,11-12H2,1-4H3,(H2,19,20,21,22). The lowest BCUT2D eigenvalue weighted by molar-refractivity contribution is 0.354. The summed E-state index contributed by atoms with van der Waals surface area (Å²) in [5.41, 5.74) is 1.16. The molecule has 0 atom stereocenters. The van der Waals surface area contributed by atoms with Crippen molar-refractivity contribution in [3.63, 3.8) is 0 Å². The van der Waals surface area contributed by atoms with E-state index in [2.05, 4.69) is 25.5 Å². The number of hydrogen-bond acceptors (Lipinski definition) is 7. The Bertz CT molecular complexity index is 664. The Balaban J connectivity index is 1.85. The molecule has 2 rings (SSSR count). The molecule has 2 aromatic rings. The largest absolute Gasteiger partial charge is 0.493 e. The number of ether oxygens (including phenoxy) is 2. The van der Waals surface area contributed by atoms with E-state index < -0.39 is 0 Å². The highest BCUT2D eigenvalue weighted by atomic mass is 16.5. The number of likely N-dealkylation sites (N-methyl/N-ethyl adjacent to an activating group) is 1. The van der Waals surface area contributed by atoms with E-state index in [1.165, 1.54) is 0 Å². The van der Waals surface area contributed by atoms with Gasteiger partial charge in [0.2, 0.25) is 5.95 Å². The summed E-state index contributed by atoms with van der Waals surface area (Å²) in [7, 11) is 7.37. The van der Waals surface area contributed by atoms with E-state index >= 15 is 0 Å². The first kappa shape index (κ1) is 18.8. The molecule has 0 saturated carbocycles. The Kier molecular flexibility index (Phi) is 7.28. The van der Waals surface area contributed by atoms with Gasteiger partial charge in [-0.25, -0.2) is 4.98 Å². The van der Waals surface area contributed by atoms with Gasteiger partial charge in [-0.2, -0.15) is 4.98 Å². The fourth-order valence-corrected chi connectivity index (χ4v) is 2.30. The molecule has 0 saturated heterocycles. The van der Waals surface area contributed by atoms with E-state index in [9.17, 15) is 0 Å². The van der Waals surface area contributed by atoms with Crippen molar-refractivity contribution < 1.29 is 9.47 Å². The molecule has 0 radical (unpaired) electrons. The predicted octanol–water partition coefficient (Wildman–Crippen LogP) is 2.12. The summed E-state index contributed by atoms with van der Waals surface area (Å²) in [6.45, 7) is 2.53. The summed E-state index contributed by atoms with van der Waals surface area (Å²) in [5.74, 6) is 2.92. The quantitative estimate of drug-likeness (QED) is 0.683. The summed E-state index contributed by atoms with van der Waals surface area (Å²) in [6, 6.07) is 7.80. The van der Waals surface area contributed by atoms with Crippen molar-refractivity contribution in [1.82, 2.24) is 14.9 Å². The molecule has 0 aliphatic heterocycles. The molecule has 0 fully saturated rings. The first-order valence-corrected chi connectivity index (χ1v) is 8.29. The van der Waals surface area contributed by atoms with Crippen LogP contribution in [0.25, 0.3) is 0 Å². The van der Waals surface area contributed by atoms with Gasteiger partial charge < -0.3 is 25.0 Å². The molecular weight excluding hydrogens is 318 g/mol. The molecule has 0 bridgehead atoms. The lowest BCUT2D eigenvalue weighted by Gasteiger charge is -2.12. The van der Waals surface area contributed by atoms with Crippen LogP contribution in [0.4, 0.5) is 11.8 Å². The monoisotopic (exact) mass is 345 g/mol. The second-order valence-corrected chi connectivity index (χ2v) is 5.86. The number of benzene rings is 1. The molecule has 0 aliphatic rings. The van der Waals surface area contributed by atoms with E-state index in [0.717, 1.165) is 48.9 Å². The van der Waals surface area contributed by atoms with Crippen LogP contribution in [0, 0.1) is 0 Å². The van der Waals surface area contributed by atoms with Crippen molar-refractivity contribution >= 4 is 11.8 Å². The zero-order valence-electron chi connectivity index (χ0n) is 15.4. The van der Waals surface area contributed by atoms with Crippen LogP contribution in [-0.4, -0.2) is 62.8 Å². The number of hydrogen-bond donors (Lipinski definition) is 2. The zero-order valence-corrected chi connectivity index (χ0v) is 15.4. The average Bonchev–Trinajstić information content (AvgIpc) is 2.61. The van der Waals surface area contributed by atoms with Gasteiger partial charge >= 0.3 is 0 Å². The molecule has 0 aliphatic carbocycles. The second kappa shape index (κ2) is 9.68. The van der Waals surface area contributed by atoms with Gasteiger partial charge in [0, 0.05) is 25.8 Å². The van der Waals surface area contributed by atoms with E-state index in [-0.39, 0.29) is 0 Å². The van der Waals surface area contributed by atoms with Gasteiger partial charge in [-0.1, -0.05) is 6.07 Å². The Morgan fingerprint density at radius 1 is 1.00 bits per heavy atom. The van der Waals surface area contributed by atoms with E-state index in [1.54, 1.807) is 20.4 Å². The highest BCUT2D eigenvalue weighted by Gasteiger charge is 2.05. The van der Waals surface area contributed by atoms with Crippen LogP contribution >= 0.6 is 0 Å². The summed E-state index contributed by atoms with van der Waals surface area (Å²) in [5, 5.41) is 6.54. The van der Waals surface area contributed by atoms with Crippen LogP contribution in [0.3, 0.4) is 0 Å². The van der Waals surface area contributed by atoms with Crippen LogP contribution in [0.15, 0.2) is 30.5 Å². The molecule has 0 amide bonds. The van der Waals surface area contributed by atoms with Crippen LogP contribution in [0.5, 0.6) is 11.5 Å². The predicted molar refractivity (Wildman–Crippen MR) is 101 cm³/mol. The third-order valence-electron chi connectivity index (χ3n) is 3.67. The molecular formula is C18H27N5O2. The fraction of sp³-hybridized carbons (Fsp3) is 0.444. The lowest BCUT2D eigenvalue weighted by atomic mass is 10.1. The van der Waals surface area contributed by atoms with Crippen molar-refractivity contribution in [3.05, 3.63) is 36.0 Å². The summed E-state index contributed by atoms with van der Waals surface area (Å²) >= 11 is 0. The van der Waals surface area contributed by atoms with Gasteiger partial charge in [0.1, 0.15) is 5.82 Å². The van der Waals surface area contributed by atoms with E-state index in [0.29, 0.717) is 5.95 Å². The van der Waals surface area contributed by atoms with Crippen molar-refractivity contribution in [2.75, 3.05) is 58.6 Å². The lowest BCUT2D eigenvalue weighted by Crippen LogP contribution is -2.21. The van der Waals surface area contributed by atoms with Gasteiger partial charge in [0.15, 0.2) is 11.5 Å². The molecule has 136 valence electrons. The maximum Gasteiger partial charge on any atom is 0.224 e. The highest BCUT2D eigenvalue weighted by Crippen LogP contribution is 2.27. The van der Waals surface area contributed by atoms with Gasteiger partial charge in [-0.15, -0.1) is 0 Å².